The minimum absolute atomic E-state index is 0.207. The molecule has 0 amide bonds. The highest BCUT2D eigenvalue weighted by Gasteiger charge is 2.15. The molecule has 0 radical (unpaired) electrons. The van der Waals surface area contributed by atoms with Crippen LogP contribution in [-0.4, -0.2) is 37.4 Å². The van der Waals surface area contributed by atoms with E-state index in [0.717, 1.165) is 19.4 Å². The number of nitrogens with zero attached hydrogens (tertiary/aromatic N) is 3. The van der Waals surface area contributed by atoms with Crippen LogP contribution in [0.1, 0.15) is 31.7 Å². The topological polar surface area (TPSA) is 77.4 Å². The van der Waals surface area contributed by atoms with E-state index in [2.05, 4.69) is 10.1 Å². The van der Waals surface area contributed by atoms with Crippen molar-refractivity contribution in [2.24, 2.45) is 5.73 Å². The average Bonchev–Trinajstić information content (AvgIpc) is 2.77. The molecule has 92 valence electrons. The lowest BCUT2D eigenvalue weighted by atomic mass is 10.2. The summed E-state index contributed by atoms with van der Waals surface area (Å²) in [6, 6.07) is -0.207. The molecule has 1 aromatic rings. The average molecular weight is 228 g/mol. The maximum absolute atomic E-state index is 5.92. The van der Waals surface area contributed by atoms with Crippen molar-refractivity contribution in [2.75, 3.05) is 32.2 Å². The summed E-state index contributed by atoms with van der Waals surface area (Å²) in [4.78, 5) is 6.14. The molecule has 1 unspecified atom stereocenters. The largest absolute Gasteiger partial charge is 0.385 e. The van der Waals surface area contributed by atoms with Gasteiger partial charge in [0.05, 0.1) is 6.04 Å². The van der Waals surface area contributed by atoms with Gasteiger partial charge in [0.2, 0.25) is 5.89 Å². The highest BCUT2D eigenvalue weighted by atomic mass is 16.5. The van der Waals surface area contributed by atoms with E-state index in [1.54, 1.807) is 7.11 Å². The molecule has 1 aromatic heterocycles. The molecule has 1 heterocycles. The van der Waals surface area contributed by atoms with Gasteiger partial charge in [-0.2, -0.15) is 4.98 Å². The second-order valence-corrected chi connectivity index (χ2v) is 3.69. The third-order valence-electron chi connectivity index (χ3n) is 2.43. The van der Waals surface area contributed by atoms with Gasteiger partial charge in [0, 0.05) is 27.3 Å². The Morgan fingerprint density at radius 3 is 2.94 bits per heavy atom. The Hall–Kier alpha value is -1.14. The Morgan fingerprint density at radius 1 is 1.56 bits per heavy atom. The van der Waals surface area contributed by atoms with Crippen LogP contribution >= 0.6 is 0 Å². The van der Waals surface area contributed by atoms with Crippen LogP contribution in [0.3, 0.4) is 0 Å². The number of rotatable bonds is 7. The molecule has 6 heteroatoms. The maximum Gasteiger partial charge on any atom is 0.265 e. The molecule has 0 bridgehead atoms. The Morgan fingerprint density at radius 2 is 2.31 bits per heavy atom. The van der Waals surface area contributed by atoms with Crippen molar-refractivity contribution in [1.29, 1.82) is 0 Å². The molecule has 0 aliphatic heterocycles. The molecule has 6 nitrogen and oxygen atoms in total. The van der Waals surface area contributed by atoms with E-state index in [1.165, 1.54) is 0 Å². The molecule has 2 N–H and O–H groups in total. The first-order valence-electron chi connectivity index (χ1n) is 5.48. The first-order valence-corrected chi connectivity index (χ1v) is 5.48. The number of anilines is 1. The standard InChI is InChI=1S/C10H20N4O2/c1-4-14(2)10-12-9(16-13-10)8(11)6-5-7-15-3/h8H,4-7,11H2,1-3H3. The summed E-state index contributed by atoms with van der Waals surface area (Å²) in [5, 5.41) is 3.86. The second kappa shape index (κ2) is 6.44. The zero-order valence-corrected chi connectivity index (χ0v) is 10.1. The van der Waals surface area contributed by atoms with Gasteiger partial charge < -0.3 is 19.9 Å². The lowest BCUT2D eigenvalue weighted by Crippen LogP contribution is -2.17. The molecular formula is C10H20N4O2. The van der Waals surface area contributed by atoms with Gasteiger partial charge in [-0.25, -0.2) is 0 Å². The number of methoxy groups -OCH3 is 1. The minimum Gasteiger partial charge on any atom is -0.385 e. The Labute approximate surface area is 95.7 Å². The van der Waals surface area contributed by atoms with Gasteiger partial charge in [-0.1, -0.05) is 0 Å². The minimum atomic E-state index is -0.207. The van der Waals surface area contributed by atoms with E-state index in [-0.39, 0.29) is 6.04 Å². The van der Waals surface area contributed by atoms with Crippen LogP contribution in [0.15, 0.2) is 4.52 Å². The van der Waals surface area contributed by atoms with E-state index >= 15 is 0 Å². The summed E-state index contributed by atoms with van der Waals surface area (Å²) in [6.07, 6.45) is 1.67. The van der Waals surface area contributed by atoms with Gasteiger partial charge in [0.25, 0.3) is 5.95 Å². The Balaban J connectivity index is 2.49. The van der Waals surface area contributed by atoms with E-state index < -0.39 is 0 Å². The Bertz CT molecular complexity index is 303. The summed E-state index contributed by atoms with van der Waals surface area (Å²) < 4.78 is 10.1. The monoisotopic (exact) mass is 228 g/mol. The number of nitrogens with two attached hydrogens (primary N) is 1. The zero-order valence-electron chi connectivity index (χ0n) is 10.1. The molecule has 0 aliphatic rings. The molecule has 0 aromatic carbocycles. The number of aromatic nitrogens is 2. The van der Waals surface area contributed by atoms with Gasteiger partial charge in [0.15, 0.2) is 0 Å². The number of hydrogen-bond acceptors (Lipinski definition) is 6. The fraction of sp³-hybridized carbons (Fsp3) is 0.800. The van der Waals surface area contributed by atoms with Crippen molar-refractivity contribution in [2.45, 2.75) is 25.8 Å². The Kier molecular flexibility index (Phi) is 5.21. The lowest BCUT2D eigenvalue weighted by Gasteiger charge is -2.09. The molecule has 1 rings (SSSR count). The fourth-order valence-electron chi connectivity index (χ4n) is 1.25. The van der Waals surface area contributed by atoms with Crippen molar-refractivity contribution < 1.29 is 9.26 Å². The van der Waals surface area contributed by atoms with Crippen LogP contribution in [0.4, 0.5) is 5.95 Å². The highest BCUT2D eigenvalue weighted by Crippen LogP contribution is 2.16. The van der Waals surface area contributed by atoms with Gasteiger partial charge in [0.1, 0.15) is 0 Å². The quantitative estimate of drug-likeness (QED) is 0.700. The first kappa shape index (κ1) is 12.9. The van der Waals surface area contributed by atoms with E-state index in [4.69, 9.17) is 15.0 Å². The third kappa shape index (κ3) is 3.46. The van der Waals surface area contributed by atoms with Crippen molar-refractivity contribution in [3.05, 3.63) is 5.89 Å². The van der Waals surface area contributed by atoms with Gasteiger partial charge in [-0.05, 0) is 24.9 Å². The molecular weight excluding hydrogens is 208 g/mol. The summed E-state index contributed by atoms with van der Waals surface area (Å²) in [5.74, 6) is 1.08. The predicted molar refractivity (Wildman–Crippen MR) is 61.3 cm³/mol. The van der Waals surface area contributed by atoms with Gasteiger partial charge >= 0.3 is 0 Å². The van der Waals surface area contributed by atoms with Gasteiger partial charge in [-0.3, -0.25) is 0 Å². The van der Waals surface area contributed by atoms with Crippen LogP contribution in [0.25, 0.3) is 0 Å². The molecule has 0 saturated heterocycles. The van der Waals surface area contributed by atoms with E-state index in [1.807, 2.05) is 18.9 Å². The predicted octanol–water partition coefficient (Wildman–Crippen LogP) is 0.952. The van der Waals surface area contributed by atoms with Crippen LogP contribution in [0, 0.1) is 0 Å². The normalized spacial score (nSPS) is 12.8. The van der Waals surface area contributed by atoms with E-state index in [0.29, 0.717) is 18.4 Å². The molecule has 1 atom stereocenters. The number of hydrogen-bond donors (Lipinski definition) is 1. The molecule has 0 fully saturated rings. The summed E-state index contributed by atoms with van der Waals surface area (Å²) in [6.45, 7) is 3.55. The van der Waals surface area contributed by atoms with Gasteiger partial charge in [-0.15, -0.1) is 0 Å². The summed E-state index contributed by atoms with van der Waals surface area (Å²) >= 11 is 0. The highest BCUT2D eigenvalue weighted by molar-refractivity contribution is 5.25. The first-order chi connectivity index (χ1) is 7.69. The summed E-state index contributed by atoms with van der Waals surface area (Å²) in [7, 11) is 3.58. The van der Waals surface area contributed by atoms with E-state index in [9.17, 15) is 0 Å². The van der Waals surface area contributed by atoms with Crippen molar-refractivity contribution in [1.82, 2.24) is 10.1 Å². The molecule has 0 saturated carbocycles. The number of ether oxygens (including phenoxy) is 1. The van der Waals surface area contributed by atoms with Crippen LogP contribution < -0.4 is 10.6 Å². The van der Waals surface area contributed by atoms with Crippen LogP contribution in [0.2, 0.25) is 0 Å². The molecule has 0 spiro atoms. The van der Waals surface area contributed by atoms with Crippen molar-refractivity contribution in [3.8, 4) is 0 Å². The smallest absolute Gasteiger partial charge is 0.265 e. The van der Waals surface area contributed by atoms with Crippen molar-refractivity contribution >= 4 is 5.95 Å². The second-order valence-electron chi connectivity index (χ2n) is 3.69. The van der Waals surface area contributed by atoms with Crippen LogP contribution in [-0.2, 0) is 4.74 Å². The van der Waals surface area contributed by atoms with Crippen molar-refractivity contribution in [3.63, 3.8) is 0 Å². The maximum atomic E-state index is 5.92. The SMILES string of the molecule is CCN(C)c1noc(C(N)CCCOC)n1. The fourth-order valence-corrected chi connectivity index (χ4v) is 1.25. The zero-order chi connectivity index (χ0) is 12.0. The molecule has 0 aliphatic carbocycles. The third-order valence-corrected chi connectivity index (χ3v) is 2.43. The van der Waals surface area contributed by atoms with Crippen LogP contribution in [0.5, 0.6) is 0 Å². The molecule has 16 heavy (non-hydrogen) atoms. The summed E-state index contributed by atoms with van der Waals surface area (Å²) in [5.41, 5.74) is 5.92. The lowest BCUT2D eigenvalue weighted by molar-refractivity contribution is 0.188.